The SMILES string of the molecule is CCOC(=O)C(C)C(=O)Cc1ccc(-c2ccccc2)cc1. The summed E-state index contributed by atoms with van der Waals surface area (Å²) in [6.07, 6.45) is 0.245. The van der Waals surface area contributed by atoms with Gasteiger partial charge >= 0.3 is 5.97 Å². The minimum atomic E-state index is -0.714. The molecule has 3 heteroatoms. The van der Waals surface area contributed by atoms with Crippen molar-refractivity contribution in [2.45, 2.75) is 20.3 Å². The molecule has 0 aliphatic heterocycles. The highest BCUT2D eigenvalue weighted by Crippen LogP contribution is 2.19. The maximum atomic E-state index is 12.1. The van der Waals surface area contributed by atoms with Crippen LogP contribution in [0, 0.1) is 5.92 Å². The number of hydrogen-bond donors (Lipinski definition) is 0. The van der Waals surface area contributed by atoms with Crippen molar-refractivity contribution in [1.82, 2.24) is 0 Å². The molecule has 22 heavy (non-hydrogen) atoms. The second-order valence-electron chi connectivity index (χ2n) is 5.18. The van der Waals surface area contributed by atoms with E-state index in [9.17, 15) is 9.59 Å². The van der Waals surface area contributed by atoms with Gasteiger partial charge in [0.2, 0.25) is 0 Å². The van der Waals surface area contributed by atoms with Gasteiger partial charge in [0.25, 0.3) is 0 Å². The average Bonchev–Trinajstić information content (AvgIpc) is 2.56. The van der Waals surface area contributed by atoms with Crippen LogP contribution in [0.15, 0.2) is 54.6 Å². The third kappa shape index (κ3) is 4.04. The van der Waals surface area contributed by atoms with Crippen LogP contribution in [0.1, 0.15) is 19.4 Å². The van der Waals surface area contributed by atoms with Gasteiger partial charge in [-0.3, -0.25) is 9.59 Å². The average molecular weight is 296 g/mol. The molecule has 1 atom stereocenters. The van der Waals surface area contributed by atoms with Crippen LogP contribution in [0.25, 0.3) is 11.1 Å². The molecule has 0 spiro atoms. The fraction of sp³-hybridized carbons (Fsp3) is 0.263. The van der Waals surface area contributed by atoms with Crippen molar-refractivity contribution < 1.29 is 14.3 Å². The summed E-state index contributed by atoms with van der Waals surface area (Å²) in [5.41, 5.74) is 3.15. The molecule has 2 aromatic rings. The lowest BCUT2D eigenvalue weighted by atomic mass is 9.97. The monoisotopic (exact) mass is 296 g/mol. The van der Waals surface area contributed by atoms with Crippen molar-refractivity contribution >= 4 is 11.8 Å². The molecule has 1 unspecified atom stereocenters. The van der Waals surface area contributed by atoms with Gasteiger partial charge in [-0.25, -0.2) is 0 Å². The summed E-state index contributed by atoms with van der Waals surface area (Å²) in [6.45, 7) is 3.62. The van der Waals surface area contributed by atoms with E-state index in [1.54, 1.807) is 13.8 Å². The Morgan fingerprint density at radius 1 is 0.955 bits per heavy atom. The normalized spacial score (nSPS) is 11.7. The Balaban J connectivity index is 2.02. The first-order valence-corrected chi connectivity index (χ1v) is 7.45. The van der Waals surface area contributed by atoms with Crippen LogP contribution < -0.4 is 0 Å². The lowest BCUT2D eigenvalue weighted by Gasteiger charge is -2.10. The van der Waals surface area contributed by atoms with Gasteiger partial charge in [0.1, 0.15) is 5.92 Å². The third-order valence-electron chi connectivity index (χ3n) is 3.56. The Kier molecular flexibility index (Phi) is 5.48. The molecule has 2 rings (SSSR count). The predicted molar refractivity (Wildman–Crippen MR) is 86.4 cm³/mol. The van der Waals surface area contributed by atoms with Gasteiger partial charge in [0, 0.05) is 6.42 Å². The van der Waals surface area contributed by atoms with Gasteiger partial charge in [-0.15, -0.1) is 0 Å². The number of rotatable bonds is 6. The molecule has 3 nitrogen and oxygen atoms in total. The summed E-state index contributed by atoms with van der Waals surface area (Å²) in [7, 11) is 0. The standard InChI is InChI=1S/C19H20O3/c1-3-22-19(21)14(2)18(20)13-15-9-11-17(12-10-15)16-7-5-4-6-8-16/h4-12,14H,3,13H2,1-2H3. The van der Waals surface area contributed by atoms with Crippen molar-refractivity contribution in [1.29, 1.82) is 0 Å². The van der Waals surface area contributed by atoms with Gasteiger partial charge in [-0.1, -0.05) is 54.6 Å². The van der Waals surface area contributed by atoms with Gasteiger partial charge < -0.3 is 4.74 Å². The quantitative estimate of drug-likeness (QED) is 0.603. The van der Waals surface area contributed by atoms with E-state index in [2.05, 4.69) is 0 Å². The van der Waals surface area contributed by atoms with E-state index in [1.807, 2.05) is 54.6 Å². The van der Waals surface area contributed by atoms with Crippen molar-refractivity contribution in [3.63, 3.8) is 0 Å². The Bertz CT molecular complexity index is 629. The van der Waals surface area contributed by atoms with Crippen molar-refractivity contribution in [2.24, 2.45) is 5.92 Å². The second-order valence-corrected chi connectivity index (χ2v) is 5.18. The number of benzene rings is 2. The number of carbonyl (C=O) groups is 2. The number of Topliss-reactive ketones (excluding diaryl/α,β-unsaturated/α-hetero) is 1. The van der Waals surface area contributed by atoms with Gasteiger partial charge in [0.15, 0.2) is 5.78 Å². The van der Waals surface area contributed by atoms with Crippen LogP contribution in [0.5, 0.6) is 0 Å². The van der Waals surface area contributed by atoms with E-state index in [1.165, 1.54) is 0 Å². The summed E-state index contributed by atoms with van der Waals surface area (Å²) < 4.78 is 4.88. The highest BCUT2D eigenvalue weighted by atomic mass is 16.5. The first-order chi connectivity index (χ1) is 10.6. The predicted octanol–water partition coefficient (Wildman–Crippen LogP) is 3.66. The van der Waals surface area contributed by atoms with Crippen LogP contribution >= 0.6 is 0 Å². The molecule has 114 valence electrons. The van der Waals surface area contributed by atoms with Gasteiger partial charge in [-0.05, 0) is 30.5 Å². The van der Waals surface area contributed by atoms with E-state index in [0.29, 0.717) is 6.61 Å². The maximum Gasteiger partial charge on any atom is 0.316 e. The fourth-order valence-electron chi connectivity index (χ4n) is 2.20. The highest BCUT2D eigenvalue weighted by Gasteiger charge is 2.22. The number of hydrogen-bond acceptors (Lipinski definition) is 3. The maximum absolute atomic E-state index is 12.1. The summed E-state index contributed by atoms with van der Waals surface area (Å²) in [6, 6.07) is 17.9. The summed E-state index contributed by atoms with van der Waals surface area (Å²) in [5.74, 6) is -1.28. The van der Waals surface area contributed by atoms with Crippen LogP contribution in [0.4, 0.5) is 0 Å². The molecular weight excluding hydrogens is 276 g/mol. The molecule has 2 aromatic carbocycles. The summed E-state index contributed by atoms with van der Waals surface area (Å²) in [5, 5.41) is 0. The molecule has 0 saturated carbocycles. The molecule has 0 heterocycles. The first kappa shape index (κ1) is 16.0. The molecule has 0 aromatic heterocycles. The summed E-state index contributed by atoms with van der Waals surface area (Å²) >= 11 is 0. The van der Waals surface area contributed by atoms with Crippen LogP contribution in [-0.4, -0.2) is 18.4 Å². The van der Waals surface area contributed by atoms with E-state index < -0.39 is 11.9 Å². The molecule has 0 N–H and O–H groups in total. The van der Waals surface area contributed by atoms with Crippen LogP contribution in [0.2, 0.25) is 0 Å². The van der Waals surface area contributed by atoms with E-state index >= 15 is 0 Å². The van der Waals surface area contributed by atoms with Crippen LogP contribution in [0.3, 0.4) is 0 Å². The lowest BCUT2D eigenvalue weighted by molar-refractivity contribution is -0.150. The minimum Gasteiger partial charge on any atom is -0.465 e. The largest absolute Gasteiger partial charge is 0.465 e. The lowest BCUT2D eigenvalue weighted by Crippen LogP contribution is -2.24. The Morgan fingerprint density at radius 3 is 2.14 bits per heavy atom. The van der Waals surface area contributed by atoms with Gasteiger partial charge in [0.05, 0.1) is 6.61 Å². The van der Waals surface area contributed by atoms with Crippen LogP contribution in [-0.2, 0) is 20.7 Å². The van der Waals surface area contributed by atoms with Crippen molar-refractivity contribution in [3.05, 3.63) is 60.2 Å². The zero-order valence-electron chi connectivity index (χ0n) is 12.9. The molecule has 0 fully saturated rings. The molecule has 0 saturated heterocycles. The second kappa shape index (κ2) is 7.55. The number of ketones is 1. The Morgan fingerprint density at radius 2 is 1.55 bits per heavy atom. The fourth-order valence-corrected chi connectivity index (χ4v) is 2.20. The van der Waals surface area contributed by atoms with E-state index in [0.717, 1.165) is 16.7 Å². The molecular formula is C19H20O3. The molecule has 0 aliphatic rings. The minimum absolute atomic E-state index is 0.120. The van der Waals surface area contributed by atoms with E-state index in [4.69, 9.17) is 4.74 Å². The third-order valence-corrected chi connectivity index (χ3v) is 3.56. The Labute approximate surface area is 130 Å². The molecule has 0 aliphatic carbocycles. The number of ether oxygens (including phenoxy) is 1. The van der Waals surface area contributed by atoms with Crippen molar-refractivity contribution in [3.8, 4) is 11.1 Å². The Hall–Kier alpha value is -2.42. The van der Waals surface area contributed by atoms with Crippen molar-refractivity contribution in [2.75, 3.05) is 6.61 Å². The highest BCUT2D eigenvalue weighted by molar-refractivity contribution is 5.99. The smallest absolute Gasteiger partial charge is 0.316 e. The first-order valence-electron chi connectivity index (χ1n) is 7.45. The zero-order valence-corrected chi connectivity index (χ0v) is 12.9. The topological polar surface area (TPSA) is 43.4 Å². The molecule has 0 bridgehead atoms. The molecule has 0 radical (unpaired) electrons. The number of carbonyl (C=O) groups excluding carboxylic acids is 2. The summed E-state index contributed by atoms with van der Waals surface area (Å²) in [4.78, 5) is 23.7. The molecule has 0 amide bonds. The zero-order chi connectivity index (χ0) is 15.9. The number of esters is 1. The van der Waals surface area contributed by atoms with E-state index in [-0.39, 0.29) is 12.2 Å². The van der Waals surface area contributed by atoms with Gasteiger partial charge in [-0.2, -0.15) is 0 Å².